The zero-order chi connectivity index (χ0) is 21.5. The Kier molecular flexibility index (Phi) is 4.94. The molecule has 3 aromatic carbocycles. The molecule has 0 bridgehead atoms. The van der Waals surface area contributed by atoms with Crippen molar-refractivity contribution in [2.75, 3.05) is 4.90 Å². The molecule has 0 aromatic heterocycles. The number of nitro groups is 1. The zero-order valence-electron chi connectivity index (χ0n) is 16.5. The van der Waals surface area contributed by atoms with Crippen molar-refractivity contribution in [1.29, 1.82) is 0 Å². The van der Waals surface area contributed by atoms with E-state index in [0.717, 1.165) is 21.3 Å². The molecule has 0 saturated carbocycles. The summed E-state index contributed by atoms with van der Waals surface area (Å²) in [5, 5.41) is 12.3. The quantitative estimate of drug-likeness (QED) is 0.290. The van der Waals surface area contributed by atoms with E-state index >= 15 is 0 Å². The van der Waals surface area contributed by atoms with Crippen LogP contribution < -0.4 is 4.90 Å². The van der Waals surface area contributed by atoms with E-state index in [1.807, 2.05) is 83.8 Å². The number of halogens is 1. The average Bonchev–Trinajstić information content (AvgIpc) is 3.15. The molecule has 2 aliphatic rings. The molecular weight excluding hydrogens is 456 g/mol. The van der Waals surface area contributed by atoms with Gasteiger partial charge >= 0.3 is 0 Å². The second-order valence-electron chi connectivity index (χ2n) is 7.84. The molecule has 2 aliphatic heterocycles. The number of carbonyl (C=O) groups excluding carboxylic acids is 1. The molecule has 6 heteroatoms. The summed E-state index contributed by atoms with van der Waals surface area (Å²) in [5.74, 6) is -0.686. The first kappa shape index (κ1) is 19.7. The number of hydrogen-bond acceptors (Lipinski definition) is 4. The van der Waals surface area contributed by atoms with Gasteiger partial charge in [-0.1, -0.05) is 88.7 Å². The Morgan fingerprint density at radius 3 is 2.32 bits per heavy atom. The minimum Gasteiger partial charge on any atom is -0.346 e. The van der Waals surface area contributed by atoms with Crippen LogP contribution >= 0.6 is 15.9 Å². The van der Waals surface area contributed by atoms with Gasteiger partial charge in [-0.3, -0.25) is 14.9 Å². The highest BCUT2D eigenvalue weighted by Crippen LogP contribution is 2.46. The van der Waals surface area contributed by atoms with Crippen LogP contribution in [0.15, 0.2) is 89.4 Å². The van der Waals surface area contributed by atoms with Crippen molar-refractivity contribution < 1.29 is 9.72 Å². The normalized spacial score (nSPS) is 23.8. The van der Waals surface area contributed by atoms with Gasteiger partial charge in [-0.25, -0.2) is 0 Å². The first-order valence-corrected chi connectivity index (χ1v) is 10.9. The number of carbonyl (C=O) groups is 1. The molecule has 4 atom stereocenters. The number of nitrogens with zero attached hydrogens (tertiary/aromatic N) is 2. The molecule has 5 nitrogen and oxygen atoms in total. The topological polar surface area (TPSA) is 63.4 Å². The minimum absolute atomic E-state index is 0.110. The van der Waals surface area contributed by atoms with Gasteiger partial charge in [0.25, 0.3) is 0 Å². The SMILES string of the molecule is O=C(c1ccc(Br)cc1)[C@@H]1[C@H](c2ccccc2)[C@H]([N+](=O)[O-])[C@H]2C=Cc3ccccc3N21. The molecule has 0 amide bonds. The second kappa shape index (κ2) is 7.78. The van der Waals surface area contributed by atoms with E-state index in [2.05, 4.69) is 15.9 Å². The lowest BCUT2D eigenvalue weighted by atomic mass is 9.84. The summed E-state index contributed by atoms with van der Waals surface area (Å²) in [6.45, 7) is 0. The van der Waals surface area contributed by atoms with Crippen LogP contribution in [0.2, 0.25) is 0 Å². The maximum Gasteiger partial charge on any atom is 0.245 e. The molecule has 0 unspecified atom stereocenters. The largest absolute Gasteiger partial charge is 0.346 e. The number of para-hydroxylation sites is 1. The van der Waals surface area contributed by atoms with E-state index in [4.69, 9.17) is 0 Å². The molecule has 31 heavy (non-hydrogen) atoms. The van der Waals surface area contributed by atoms with Crippen molar-refractivity contribution in [2.45, 2.75) is 24.0 Å². The van der Waals surface area contributed by atoms with Crippen LogP contribution in [0, 0.1) is 10.1 Å². The maximum absolute atomic E-state index is 13.9. The number of hydrogen-bond donors (Lipinski definition) is 0. The Balaban J connectivity index is 1.72. The van der Waals surface area contributed by atoms with Crippen LogP contribution in [0.25, 0.3) is 6.08 Å². The van der Waals surface area contributed by atoms with Crippen LogP contribution in [-0.2, 0) is 0 Å². The van der Waals surface area contributed by atoms with E-state index in [0.29, 0.717) is 5.56 Å². The fourth-order valence-corrected chi connectivity index (χ4v) is 5.15. The molecule has 0 spiro atoms. The first-order chi connectivity index (χ1) is 15.1. The van der Waals surface area contributed by atoms with Crippen molar-refractivity contribution in [2.24, 2.45) is 0 Å². The van der Waals surface area contributed by atoms with Gasteiger partial charge < -0.3 is 4.90 Å². The number of ketones is 1. The first-order valence-electron chi connectivity index (χ1n) is 10.1. The summed E-state index contributed by atoms with van der Waals surface area (Å²) in [6, 6.07) is 22.2. The fourth-order valence-electron chi connectivity index (χ4n) is 4.89. The number of Topliss-reactive ketones (excluding diaryl/α,β-unsaturated/α-hetero) is 1. The Labute approximate surface area is 188 Å². The lowest BCUT2D eigenvalue weighted by molar-refractivity contribution is -0.524. The van der Waals surface area contributed by atoms with Crippen molar-refractivity contribution in [3.05, 3.63) is 116 Å². The highest BCUT2D eigenvalue weighted by atomic mass is 79.9. The van der Waals surface area contributed by atoms with Crippen LogP contribution in [0.3, 0.4) is 0 Å². The maximum atomic E-state index is 13.9. The smallest absolute Gasteiger partial charge is 0.245 e. The molecule has 5 rings (SSSR count). The van der Waals surface area contributed by atoms with Gasteiger partial charge in [-0.05, 0) is 29.3 Å². The Hall–Kier alpha value is -3.25. The van der Waals surface area contributed by atoms with Crippen molar-refractivity contribution in [1.82, 2.24) is 0 Å². The third kappa shape index (κ3) is 3.27. The lowest BCUT2D eigenvalue weighted by Gasteiger charge is -2.34. The van der Waals surface area contributed by atoms with E-state index < -0.39 is 24.0 Å². The van der Waals surface area contributed by atoms with Gasteiger partial charge in [0.05, 0.1) is 5.92 Å². The van der Waals surface area contributed by atoms with Crippen molar-refractivity contribution in [3.63, 3.8) is 0 Å². The number of rotatable bonds is 4. The van der Waals surface area contributed by atoms with Crippen LogP contribution in [0.4, 0.5) is 5.69 Å². The van der Waals surface area contributed by atoms with Crippen LogP contribution in [-0.4, -0.2) is 28.8 Å². The predicted molar refractivity (Wildman–Crippen MR) is 124 cm³/mol. The van der Waals surface area contributed by atoms with Gasteiger partial charge in [0.2, 0.25) is 6.04 Å². The molecule has 154 valence electrons. The second-order valence-corrected chi connectivity index (χ2v) is 8.76. The summed E-state index contributed by atoms with van der Waals surface area (Å²) < 4.78 is 0.877. The van der Waals surface area contributed by atoms with Gasteiger partial charge in [-0.15, -0.1) is 0 Å². The van der Waals surface area contributed by atoms with E-state index in [-0.39, 0.29) is 10.7 Å². The number of fused-ring (bicyclic) bond motifs is 3. The highest BCUT2D eigenvalue weighted by molar-refractivity contribution is 9.10. The monoisotopic (exact) mass is 474 g/mol. The number of benzene rings is 3. The summed E-state index contributed by atoms with van der Waals surface area (Å²) in [6.07, 6.45) is 3.81. The summed E-state index contributed by atoms with van der Waals surface area (Å²) in [7, 11) is 0. The fraction of sp³-hybridized carbons (Fsp3) is 0.160. The minimum atomic E-state index is -0.934. The number of anilines is 1. The molecule has 0 radical (unpaired) electrons. The molecule has 2 heterocycles. The highest BCUT2D eigenvalue weighted by Gasteiger charge is 2.58. The average molecular weight is 475 g/mol. The van der Waals surface area contributed by atoms with Crippen molar-refractivity contribution in [3.8, 4) is 0 Å². The van der Waals surface area contributed by atoms with E-state index in [9.17, 15) is 14.9 Å². The van der Waals surface area contributed by atoms with Crippen molar-refractivity contribution >= 4 is 33.5 Å². The Morgan fingerprint density at radius 1 is 0.935 bits per heavy atom. The van der Waals surface area contributed by atoms with Crippen LogP contribution in [0.5, 0.6) is 0 Å². The van der Waals surface area contributed by atoms with E-state index in [1.165, 1.54) is 0 Å². The molecule has 0 aliphatic carbocycles. The van der Waals surface area contributed by atoms with Crippen LogP contribution in [0.1, 0.15) is 27.4 Å². The standard InChI is InChI=1S/C25H19BrN2O3/c26-19-13-10-18(11-14-19)25(29)24-22(17-7-2-1-3-8-17)23(28(30)31)21-15-12-16-6-4-5-9-20(16)27(21)24/h1-15,21-24H/t21-,22-,23-,24+/m1/s1. The van der Waals surface area contributed by atoms with Gasteiger partial charge in [-0.2, -0.15) is 0 Å². The predicted octanol–water partition coefficient (Wildman–Crippen LogP) is 5.35. The Morgan fingerprint density at radius 2 is 1.61 bits per heavy atom. The summed E-state index contributed by atoms with van der Waals surface area (Å²) in [5.41, 5.74) is 3.17. The molecule has 1 fully saturated rings. The molecule has 1 saturated heterocycles. The zero-order valence-corrected chi connectivity index (χ0v) is 18.1. The summed E-state index contributed by atoms with van der Waals surface area (Å²) in [4.78, 5) is 27.9. The Bertz CT molecular complexity index is 1180. The summed E-state index contributed by atoms with van der Waals surface area (Å²) >= 11 is 3.41. The lowest BCUT2D eigenvalue weighted by Crippen LogP contribution is -2.44. The van der Waals surface area contributed by atoms with E-state index in [1.54, 1.807) is 12.1 Å². The van der Waals surface area contributed by atoms with Gasteiger partial charge in [0, 0.05) is 20.6 Å². The molecular formula is C25H19BrN2O3. The van der Waals surface area contributed by atoms with Gasteiger partial charge in [0.15, 0.2) is 5.78 Å². The van der Waals surface area contributed by atoms with Gasteiger partial charge in [0.1, 0.15) is 12.1 Å². The molecule has 3 aromatic rings. The third-order valence-corrected chi connectivity index (χ3v) is 6.72. The third-order valence-electron chi connectivity index (χ3n) is 6.19. The molecule has 0 N–H and O–H groups in total.